The molecular formula is C25H32N2O3. The summed E-state index contributed by atoms with van der Waals surface area (Å²) in [6.45, 7) is 12.0. The van der Waals surface area contributed by atoms with Crippen LogP contribution in [0.5, 0.6) is 11.5 Å². The number of para-hydroxylation sites is 1. The average molecular weight is 409 g/mol. The molecule has 0 aliphatic carbocycles. The van der Waals surface area contributed by atoms with Gasteiger partial charge in [-0.1, -0.05) is 48.6 Å². The van der Waals surface area contributed by atoms with Gasteiger partial charge in [0.15, 0.2) is 11.5 Å². The van der Waals surface area contributed by atoms with Gasteiger partial charge in [0.2, 0.25) is 0 Å². The number of hydrogen-bond donors (Lipinski definition) is 1. The zero-order valence-corrected chi connectivity index (χ0v) is 17.8. The molecule has 0 amide bonds. The zero-order chi connectivity index (χ0) is 20.9. The number of piperazine rings is 1. The molecule has 2 aliphatic heterocycles. The Bertz CT molecular complexity index is 847. The van der Waals surface area contributed by atoms with Gasteiger partial charge in [-0.2, -0.15) is 0 Å². The topological polar surface area (TPSA) is 45.2 Å². The second kappa shape index (κ2) is 9.54. The number of ether oxygens (including phenoxy) is 2. The molecule has 2 atom stereocenters. The SMILES string of the molecule is C=C(C)C(O)C(CCN1CCN(c2cccc3c2OCCO3)CC1)c1ccccc1. The van der Waals surface area contributed by atoms with Crippen molar-refractivity contribution in [3.8, 4) is 11.5 Å². The van der Waals surface area contributed by atoms with Crippen LogP contribution in [0, 0.1) is 0 Å². The highest BCUT2D eigenvalue weighted by atomic mass is 16.6. The lowest BCUT2D eigenvalue weighted by Crippen LogP contribution is -2.47. The van der Waals surface area contributed by atoms with E-state index in [1.807, 2.05) is 37.3 Å². The molecule has 1 saturated heterocycles. The number of hydrogen-bond acceptors (Lipinski definition) is 5. The van der Waals surface area contributed by atoms with E-state index in [0.29, 0.717) is 13.2 Å². The quantitative estimate of drug-likeness (QED) is 0.708. The van der Waals surface area contributed by atoms with Crippen LogP contribution in [0.2, 0.25) is 0 Å². The number of rotatable bonds is 7. The fraction of sp³-hybridized carbons (Fsp3) is 0.440. The van der Waals surface area contributed by atoms with E-state index in [4.69, 9.17) is 9.47 Å². The van der Waals surface area contributed by atoms with Crippen LogP contribution in [0.4, 0.5) is 5.69 Å². The molecule has 30 heavy (non-hydrogen) atoms. The third kappa shape index (κ3) is 4.63. The number of nitrogens with zero attached hydrogens (tertiary/aromatic N) is 2. The number of anilines is 1. The smallest absolute Gasteiger partial charge is 0.184 e. The van der Waals surface area contributed by atoms with Crippen LogP contribution in [0.25, 0.3) is 0 Å². The summed E-state index contributed by atoms with van der Waals surface area (Å²) in [6.07, 6.45) is 0.400. The third-order valence-electron chi connectivity index (χ3n) is 6.13. The Morgan fingerprint density at radius 3 is 2.47 bits per heavy atom. The van der Waals surface area contributed by atoms with Crippen LogP contribution in [0.3, 0.4) is 0 Å². The van der Waals surface area contributed by atoms with Crippen LogP contribution in [0.1, 0.15) is 24.8 Å². The Kier molecular flexibility index (Phi) is 6.60. The first kappa shape index (κ1) is 20.8. The molecule has 0 saturated carbocycles. The van der Waals surface area contributed by atoms with Gasteiger partial charge < -0.3 is 19.5 Å². The third-order valence-corrected chi connectivity index (χ3v) is 6.13. The van der Waals surface area contributed by atoms with E-state index in [-0.39, 0.29) is 5.92 Å². The number of aliphatic hydroxyl groups is 1. The van der Waals surface area contributed by atoms with Crippen molar-refractivity contribution in [3.63, 3.8) is 0 Å². The molecule has 1 N–H and O–H groups in total. The van der Waals surface area contributed by atoms with Gasteiger partial charge in [-0.25, -0.2) is 0 Å². The van der Waals surface area contributed by atoms with Crippen LogP contribution in [-0.2, 0) is 0 Å². The molecule has 2 aliphatic rings. The lowest BCUT2D eigenvalue weighted by Gasteiger charge is -2.38. The van der Waals surface area contributed by atoms with Crippen molar-refractivity contribution >= 4 is 5.69 Å². The van der Waals surface area contributed by atoms with Crippen molar-refractivity contribution in [3.05, 3.63) is 66.2 Å². The van der Waals surface area contributed by atoms with Crippen molar-refractivity contribution < 1.29 is 14.6 Å². The lowest BCUT2D eigenvalue weighted by molar-refractivity contribution is 0.158. The van der Waals surface area contributed by atoms with Crippen LogP contribution in [0.15, 0.2) is 60.7 Å². The average Bonchev–Trinajstić information content (AvgIpc) is 2.80. The minimum Gasteiger partial charge on any atom is -0.486 e. The van der Waals surface area contributed by atoms with Gasteiger partial charge in [-0.3, -0.25) is 4.90 Å². The number of aliphatic hydroxyl groups excluding tert-OH is 1. The molecule has 0 aromatic heterocycles. The van der Waals surface area contributed by atoms with Crippen LogP contribution >= 0.6 is 0 Å². The van der Waals surface area contributed by atoms with Crippen molar-refractivity contribution in [1.82, 2.24) is 4.90 Å². The highest BCUT2D eigenvalue weighted by molar-refractivity contribution is 5.65. The van der Waals surface area contributed by atoms with Crippen LogP contribution < -0.4 is 14.4 Å². The van der Waals surface area contributed by atoms with Gasteiger partial charge >= 0.3 is 0 Å². The van der Waals surface area contributed by atoms with Crippen LogP contribution in [-0.4, -0.2) is 62.0 Å². The molecule has 5 nitrogen and oxygen atoms in total. The maximum atomic E-state index is 10.7. The van der Waals surface area contributed by atoms with E-state index < -0.39 is 6.10 Å². The standard InChI is InChI=1S/C25H32N2O3/c1-19(2)24(28)21(20-7-4-3-5-8-20)11-12-26-13-15-27(16-14-26)22-9-6-10-23-25(22)30-18-17-29-23/h3-10,21,24,28H,1,11-18H2,2H3. The summed E-state index contributed by atoms with van der Waals surface area (Å²) in [6, 6.07) is 16.5. The van der Waals surface area contributed by atoms with Gasteiger partial charge in [-0.15, -0.1) is 0 Å². The summed E-state index contributed by atoms with van der Waals surface area (Å²) in [7, 11) is 0. The fourth-order valence-corrected chi connectivity index (χ4v) is 4.39. The molecule has 4 rings (SSSR count). The highest BCUT2D eigenvalue weighted by Crippen LogP contribution is 2.39. The first-order valence-electron chi connectivity index (χ1n) is 10.9. The summed E-state index contributed by atoms with van der Waals surface area (Å²) in [5, 5.41) is 10.7. The normalized spacial score (nSPS) is 18.7. The monoisotopic (exact) mass is 408 g/mol. The van der Waals surface area contributed by atoms with E-state index in [1.54, 1.807) is 0 Å². The Hall–Kier alpha value is -2.50. The van der Waals surface area contributed by atoms with Crippen molar-refractivity contribution in [2.75, 3.05) is 50.8 Å². The molecule has 0 bridgehead atoms. The molecule has 2 unspecified atom stereocenters. The van der Waals surface area contributed by atoms with E-state index in [9.17, 15) is 5.11 Å². The Labute approximate surface area is 179 Å². The molecular weight excluding hydrogens is 376 g/mol. The molecule has 1 fully saturated rings. The van der Waals surface area contributed by atoms with E-state index in [0.717, 1.165) is 61.9 Å². The lowest BCUT2D eigenvalue weighted by atomic mass is 9.87. The minimum atomic E-state index is -0.512. The second-order valence-electron chi connectivity index (χ2n) is 8.23. The first-order chi connectivity index (χ1) is 14.6. The summed E-state index contributed by atoms with van der Waals surface area (Å²) in [4.78, 5) is 4.88. The summed E-state index contributed by atoms with van der Waals surface area (Å²) < 4.78 is 11.6. The van der Waals surface area contributed by atoms with Gasteiger partial charge in [-0.05, 0) is 37.6 Å². The molecule has 160 valence electrons. The van der Waals surface area contributed by atoms with Gasteiger partial charge in [0.05, 0.1) is 11.8 Å². The fourth-order valence-electron chi connectivity index (χ4n) is 4.39. The summed E-state index contributed by atoms with van der Waals surface area (Å²) >= 11 is 0. The predicted molar refractivity (Wildman–Crippen MR) is 121 cm³/mol. The zero-order valence-electron chi connectivity index (χ0n) is 17.8. The maximum absolute atomic E-state index is 10.7. The van der Waals surface area contributed by atoms with Gasteiger partial charge in [0.25, 0.3) is 0 Å². The minimum absolute atomic E-state index is 0.0772. The second-order valence-corrected chi connectivity index (χ2v) is 8.23. The highest BCUT2D eigenvalue weighted by Gasteiger charge is 2.26. The Morgan fingerprint density at radius 1 is 1.00 bits per heavy atom. The molecule has 0 radical (unpaired) electrons. The largest absolute Gasteiger partial charge is 0.486 e. The van der Waals surface area contributed by atoms with E-state index in [1.165, 1.54) is 5.56 Å². The molecule has 2 heterocycles. The van der Waals surface area contributed by atoms with E-state index >= 15 is 0 Å². The molecule has 2 aromatic rings. The molecule has 0 spiro atoms. The molecule has 2 aromatic carbocycles. The van der Waals surface area contributed by atoms with Crippen molar-refractivity contribution in [2.24, 2.45) is 0 Å². The van der Waals surface area contributed by atoms with Gasteiger partial charge in [0.1, 0.15) is 13.2 Å². The number of fused-ring (bicyclic) bond motifs is 1. The van der Waals surface area contributed by atoms with Crippen molar-refractivity contribution in [2.45, 2.75) is 25.4 Å². The predicted octanol–water partition coefficient (Wildman–Crippen LogP) is 3.69. The Morgan fingerprint density at radius 2 is 1.73 bits per heavy atom. The first-order valence-corrected chi connectivity index (χ1v) is 10.9. The van der Waals surface area contributed by atoms with Crippen molar-refractivity contribution in [1.29, 1.82) is 0 Å². The Balaban J connectivity index is 1.36. The van der Waals surface area contributed by atoms with E-state index in [2.05, 4.69) is 34.6 Å². The maximum Gasteiger partial charge on any atom is 0.184 e. The summed E-state index contributed by atoms with van der Waals surface area (Å²) in [5.74, 6) is 1.81. The molecule has 5 heteroatoms. The number of benzene rings is 2. The van der Waals surface area contributed by atoms with Gasteiger partial charge in [0, 0.05) is 32.1 Å². The summed E-state index contributed by atoms with van der Waals surface area (Å²) in [5.41, 5.74) is 3.14.